The summed E-state index contributed by atoms with van der Waals surface area (Å²) in [4.78, 5) is 0. The minimum absolute atomic E-state index is 0. The summed E-state index contributed by atoms with van der Waals surface area (Å²) in [6, 6.07) is 3.66. The van der Waals surface area contributed by atoms with Crippen LogP contribution >= 0.6 is 35.6 Å². The van der Waals surface area contributed by atoms with Crippen molar-refractivity contribution in [1.82, 2.24) is 0 Å². The van der Waals surface area contributed by atoms with Crippen molar-refractivity contribution in [2.75, 3.05) is 6.61 Å². The number of benzene rings is 1. The molecule has 0 bridgehead atoms. The average Bonchev–Trinajstić information content (AvgIpc) is 2.20. The van der Waals surface area contributed by atoms with Gasteiger partial charge in [-0.3, -0.25) is 0 Å². The van der Waals surface area contributed by atoms with Gasteiger partial charge in [-0.2, -0.15) is 0 Å². The van der Waals surface area contributed by atoms with Crippen LogP contribution in [0, 0.1) is 0 Å². The molecule has 1 atom stereocenters. The summed E-state index contributed by atoms with van der Waals surface area (Å²) in [5.74, 6) is 0.786. The highest BCUT2D eigenvalue weighted by Gasteiger charge is 2.10. The number of rotatable bonds is 5. The van der Waals surface area contributed by atoms with Crippen molar-refractivity contribution in [3.63, 3.8) is 0 Å². The lowest BCUT2D eigenvalue weighted by Gasteiger charge is -2.14. The van der Waals surface area contributed by atoms with Gasteiger partial charge in [0, 0.05) is 12.1 Å². The molecular weight excluding hydrogens is 280 g/mol. The van der Waals surface area contributed by atoms with E-state index in [1.165, 1.54) is 0 Å². The molecule has 0 saturated carbocycles. The predicted molar refractivity (Wildman–Crippen MR) is 76.8 cm³/mol. The maximum Gasteiger partial charge on any atom is 0.124 e. The fourth-order valence-electron chi connectivity index (χ4n) is 1.42. The van der Waals surface area contributed by atoms with Gasteiger partial charge in [0.15, 0.2) is 0 Å². The molecule has 2 nitrogen and oxygen atoms in total. The van der Waals surface area contributed by atoms with Gasteiger partial charge in [0.1, 0.15) is 5.75 Å². The van der Waals surface area contributed by atoms with E-state index >= 15 is 0 Å². The minimum atomic E-state index is 0. The number of hydrogen-bond donors (Lipinski definition) is 1. The van der Waals surface area contributed by atoms with Crippen LogP contribution in [0.4, 0.5) is 0 Å². The Hall–Kier alpha value is -0.150. The van der Waals surface area contributed by atoms with Crippen molar-refractivity contribution in [2.24, 2.45) is 5.73 Å². The molecule has 98 valence electrons. The summed E-state index contributed by atoms with van der Waals surface area (Å²) in [7, 11) is 0. The molecule has 0 radical (unpaired) electrons. The zero-order valence-electron chi connectivity index (χ0n) is 10.0. The van der Waals surface area contributed by atoms with Crippen LogP contribution in [-0.4, -0.2) is 12.6 Å². The second-order valence-electron chi connectivity index (χ2n) is 3.90. The molecular formula is C12H18Cl3NO. The highest BCUT2D eigenvalue weighted by Crippen LogP contribution is 2.31. The Kier molecular flexibility index (Phi) is 7.97. The lowest BCUT2D eigenvalue weighted by molar-refractivity contribution is 0.313. The van der Waals surface area contributed by atoms with E-state index in [9.17, 15) is 0 Å². The number of ether oxygens (including phenoxy) is 1. The molecule has 5 heteroatoms. The van der Waals surface area contributed by atoms with Crippen molar-refractivity contribution in [1.29, 1.82) is 0 Å². The summed E-state index contributed by atoms with van der Waals surface area (Å²) < 4.78 is 5.62. The lowest BCUT2D eigenvalue weighted by Crippen LogP contribution is -2.18. The standard InChI is InChI=1S/C12H17Cl2NO.ClH/c1-3-4-16-12-7-11(14)10(13)6-9(12)5-8(2)15;/h6-8H,3-5,15H2,1-2H3;1H. The molecule has 0 aliphatic carbocycles. The quantitative estimate of drug-likeness (QED) is 0.888. The Morgan fingerprint density at radius 3 is 2.41 bits per heavy atom. The maximum absolute atomic E-state index is 5.97. The predicted octanol–water partition coefficient (Wildman–Crippen LogP) is 4.09. The Balaban J connectivity index is 0.00000256. The van der Waals surface area contributed by atoms with Crippen LogP contribution in [0.1, 0.15) is 25.8 Å². The molecule has 0 heterocycles. The first kappa shape index (κ1) is 16.9. The molecule has 0 fully saturated rings. The smallest absolute Gasteiger partial charge is 0.124 e. The van der Waals surface area contributed by atoms with Gasteiger partial charge in [-0.05, 0) is 31.4 Å². The molecule has 0 amide bonds. The number of nitrogens with two attached hydrogens (primary N) is 1. The van der Waals surface area contributed by atoms with Crippen molar-refractivity contribution in [3.8, 4) is 5.75 Å². The van der Waals surface area contributed by atoms with E-state index in [0.717, 1.165) is 24.2 Å². The summed E-state index contributed by atoms with van der Waals surface area (Å²) in [5, 5.41) is 1.06. The second-order valence-corrected chi connectivity index (χ2v) is 4.72. The Bertz CT molecular complexity index is 356. The Morgan fingerprint density at radius 1 is 1.29 bits per heavy atom. The summed E-state index contributed by atoms with van der Waals surface area (Å²) in [5.41, 5.74) is 6.79. The molecule has 0 aliphatic rings. The number of hydrogen-bond acceptors (Lipinski definition) is 2. The fraction of sp³-hybridized carbons (Fsp3) is 0.500. The van der Waals surface area contributed by atoms with Crippen molar-refractivity contribution in [3.05, 3.63) is 27.7 Å². The molecule has 1 unspecified atom stereocenters. The van der Waals surface area contributed by atoms with Gasteiger partial charge in [-0.25, -0.2) is 0 Å². The zero-order chi connectivity index (χ0) is 12.1. The van der Waals surface area contributed by atoms with Crippen LogP contribution in [0.15, 0.2) is 12.1 Å². The molecule has 2 N–H and O–H groups in total. The fourth-order valence-corrected chi connectivity index (χ4v) is 1.76. The first-order valence-corrected chi connectivity index (χ1v) is 6.16. The highest BCUT2D eigenvalue weighted by atomic mass is 35.5. The molecule has 17 heavy (non-hydrogen) atoms. The topological polar surface area (TPSA) is 35.2 Å². The third-order valence-electron chi connectivity index (χ3n) is 2.11. The molecule has 0 saturated heterocycles. The lowest BCUT2D eigenvalue weighted by atomic mass is 10.1. The van der Waals surface area contributed by atoms with Crippen LogP contribution in [0.5, 0.6) is 5.75 Å². The Morgan fingerprint density at radius 2 is 1.88 bits per heavy atom. The normalized spacial score (nSPS) is 11.8. The molecule has 1 aromatic rings. The van der Waals surface area contributed by atoms with Crippen molar-refractivity contribution < 1.29 is 4.74 Å². The minimum Gasteiger partial charge on any atom is -0.493 e. The van der Waals surface area contributed by atoms with E-state index in [1.807, 2.05) is 13.0 Å². The first-order chi connectivity index (χ1) is 7.54. The molecule has 0 aromatic heterocycles. The molecule has 1 aromatic carbocycles. The average molecular weight is 299 g/mol. The van der Waals surface area contributed by atoms with Crippen LogP contribution in [-0.2, 0) is 6.42 Å². The van der Waals surface area contributed by atoms with Gasteiger partial charge in [-0.15, -0.1) is 12.4 Å². The largest absolute Gasteiger partial charge is 0.493 e. The highest BCUT2D eigenvalue weighted by molar-refractivity contribution is 6.42. The summed E-state index contributed by atoms with van der Waals surface area (Å²) in [6.45, 7) is 4.68. The first-order valence-electron chi connectivity index (χ1n) is 5.41. The van der Waals surface area contributed by atoms with E-state index in [0.29, 0.717) is 16.7 Å². The van der Waals surface area contributed by atoms with E-state index in [4.69, 9.17) is 33.7 Å². The second kappa shape index (κ2) is 8.04. The van der Waals surface area contributed by atoms with E-state index < -0.39 is 0 Å². The van der Waals surface area contributed by atoms with Crippen molar-refractivity contribution in [2.45, 2.75) is 32.7 Å². The van der Waals surface area contributed by atoms with Gasteiger partial charge in [-0.1, -0.05) is 30.1 Å². The van der Waals surface area contributed by atoms with Gasteiger partial charge in [0.05, 0.1) is 16.7 Å². The van der Waals surface area contributed by atoms with Gasteiger partial charge >= 0.3 is 0 Å². The van der Waals surface area contributed by atoms with Crippen LogP contribution in [0.2, 0.25) is 10.0 Å². The third kappa shape index (κ3) is 5.35. The number of halogens is 3. The summed E-state index contributed by atoms with van der Waals surface area (Å²) in [6.07, 6.45) is 1.69. The monoisotopic (exact) mass is 297 g/mol. The zero-order valence-corrected chi connectivity index (χ0v) is 12.3. The Labute approximate surface area is 119 Å². The van der Waals surface area contributed by atoms with E-state index in [-0.39, 0.29) is 18.4 Å². The SMILES string of the molecule is CCCOc1cc(Cl)c(Cl)cc1CC(C)N.Cl. The molecule has 1 rings (SSSR count). The van der Waals surface area contributed by atoms with Gasteiger partial charge in [0.25, 0.3) is 0 Å². The molecule has 0 spiro atoms. The van der Waals surface area contributed by atoms with E-state index in [1.54, 1.807) is 6.07 Å². The van der Waals surface area contributed by atoms with Gasteiger partial charge in [0.2, 0.25) is 0 Å². The summed E-state index contributed by atoms with van der Waals surface area (Å²) >= 11 is 11.9. The van der Waals surface area contributed by atoms with Crippen LogP contribution in [0.3, 0.4) is 0 Å². The van der Waals surface area contributed by atoms with Crippen molar-refractivity contribution >= 4 is 35.6 Å². The maximum atomic E-state index is 5.97. The molecule has 0 aliphatic heterocycles. The third-order valence-corrected chi connectivity index (χ3v) is 2.83. The van der Waals surface area contributed by atoms with Gasteiger partial charge < -0.3 is 10.5 Å². The van der Waals surface area contributed by atoms with Crippen LogP contribution < -0.4 is 10.5 Å². The van der Waals surface area contributed by atoms with Crippen LogP contribution in [0.25, 0.3) is 0 Å². The van der Waals surface area contributed by atoms with E-state index in [2.05, 4.69) is 6.92 Å².